The first kappa shape index (κ1) is 14.4. The summed E-state index contributed by atoms with van der Waals surface area (Å²) in [5.74, 6) is 0.463. The highest BCUT2D eigenvalue weighted by Gasteiger charge is 2.04. The van der Waals surface area contributed by atoms with Crippen LogP contribution in [0.1, 0.15) is 16.1 Å². The summed E-state index contributed by atoms with van der Waals surface area (Å²) in [6, 6.07) is 10.7. The lowest BCUT2D eigenvalue weighted by Crippen LogP contribution is -2.18. The Labute approximate surface area is 130 Å². The first-order valence-electron chi connectivity index (χ1n) is 5.78. The number of hydrogen-bond donors (Lipinski definition) is 1. The summed E-state index contributed by atoms with van der Waals surface area (Å²) in [5, 5.41) is 3.91. The lowest BCUT2D eigenvalue weighted by Gasteiger charge is -2.03. The van der Waals surface area contributed by atoms with E-state index in [1.54, 1.807) is 37.7 Å². The molecule has 0 atom stereocenters. The summed E-state index contributed by atoms with van der Waals surface area (Å²) in [6.07, 6.45) is 3.13. The number of aromatic nitrogens is 1. The number of carbonyl (C=O) groups is 1. The third kappa shape index (κ3) is 3.77. The van der Waals surface area contributed by atoms with E-state index in [0.717, 1.165) is 14.9 Å². The van der Waals surface area contributed by atoms with Gasteiger partial charge in [-0.25, -0.2) is 5.43 Å². The first-order chi connectivity index (χ1) is 9.70. The molecule has 0 fully saturated rings. The number of nitrogens with zero attached hydrogens (tertiary/aromatic N) is 2. The molecule has 2 aromatic rings. The number of pyridine rings is 1. The van der Waals surface area contributed by atoms with Crippen LogP contribution in [0.4, 0.5) is 0 Å². The minimum Gasteiger partial charge on any atom is -0.496 e. The van der Waals surface area contributed by atoms with E-state index < -0.39 is 0 Å². The zero-order valence-electron chi connectivity index (χ0n) is 10.7. The number of hydrazone groups is 1. The summed E-state index contributed by atoms with van der Waals surface area (Å²) in [6.45, 7) is 0. The number of carbonyl (C=O) groups excluding carboxylic acids is 1. The molecule has 102 valence electrons. The van der Waals surface area contributed by atoms with E-state index in [4.69, 9.17) is 4.74 Å². The van der Waals surface area contributed by atoms with Crippen LogP contribution in [-0.2, 0) is 0 Å². The highest BCUT2D eigenvalue weighted by Crippen LogP contribution is 2.20. The lowest BCUT2D eigenvalue weighted by molar-refractivity contribution is 0.0950. The van der Waals surface area contributed by atoms with E-state index in [2.05, 4.69) is 38.1 Å². The molecule has 1 aromatic heterocycles. The zero-order chi connectivity index (χ0) is 14.4. The highest BCUT2D eigenvalue weighted by molar-refractivity contribution is 14.1. The fraction of sp³-hybridized carbons (Fsp3) is 0.0714. The molecule has 0 saturated carbocycles. The Balaban J connectivity index is 2.00. The molecule has 0 saturated heterocycles. The van der Waals surface area contributed by atoms with Crippen molar-refractivity contribution in [3.8, 4) is 5.75 Å². The van der Waals surface area contributed by atoms with Gasteiger partial charge in [-0.2, -0.15) is 5.10 Å². The largest absolute Gasteiger partial charge is 0.496 e. The van der Waals surface area contributed by atoms with Gasteiger partial charge in [0.2, 0.25) is 0 Å². The maximum atomic E-state index is 11.7. The van der Waals surface area contributed by atoms with Gasteiger partial charge in [-0.15, -0.1) is 0 Å². The number of halogens is 1. The van der Waals surface area contributed by atoms with E-state index in [-0.39, 0.29) is 5.91 Å². The molecule has 20 heavy (non-hydrogen) atoms. The molecule has 0 bridgehead atoms. The fourth-order valence-corrected chi connectivity index (χ4v) is 2.24. The zero-order valence-corrected chi connectivity index (χ0v) is 12.9. The van der Waals surface area contributed by atoms with Crippen molar-refractivity contribution in [1.82, 2.24) is 10.4 Å². The lowest BCUT2D eigenvalue weighted by atomic mass is 10.2. The van der Waals surface area contributed by atoms with Gasteiger partial charge in [0.05, 0.1) is 16.9 Å². The maximum Gasteiger partial charge on any atom is 0.289 e. The normalized spacial score (nSPS) is 10.5. The van der Waals surface area contributed by atoms with Gasteiger partial charge in [0.15, 0.2) is 0 Å². The third-order valence-electron chi connectivity index (χ3n) is 2.45. The number of ether oxygens (including phenoxy) is 1. The second-order valence-corrected chi connectivity index (χ2v) is 4.97. The number of rotatable bonds is 4. The van der Waals surface area contributed by atoms with Crippen LogP contribution in [-0.4, -0.2) is 24.2 Å². The molecule has 0 aliphatic rings. The van der Waals surface area contributed by atoms with Crippen molar-refractivity contribution in [3.05, 3.63) is 57.4 Å². The van der Waals surface area contributed by atoms with Gasteiger partial charge in [0.1, 0.15) is 11.4 Å². The number of benzene rings is 1. The maximum absolute atomic E-state index is 11.7. The SMILES string of the molecule is COc1ccc(/C=N/NC(=O)c2ccccn2)cc1I. The van der Waals surface area contributed by atoms with E-state index >= 15 is 0 Å². The molecule has 1 heterocycles. The standard InChI is InChI=1S/C14H12IN3O2/c1-20-13-6-5-10(8-11(13)15)9-17-18-14(19)12-4-2-3-7-16-12/h2-9H,1H3,(H,18,19)/b17-9+. The quantitative estimate of drug-likeness (QED) is 0.503. The Morgan fingerprint density at radius 1 is 1.40 bits per heavy atom. The number of hydrogen-bond acceptors (Lipinski definition) is 4. The summed E-state index contributed by atoms with van der Waals surface area (Å²) in [5.41, 5.74) is 3.63. The van der Waals surface area contributed by atoms with Crippen molar-refractivity contribution < 1.29 is 9.53 Å². The molecule has 6 heteroatoms. The summed E-state index contributed by atoms with van der Waals surface area (Å²) in [7, 11) is 1.62. The van der Waals surface area contributed by atoms with Gasteiger partial charge < -0.3 is 4.74 Å². The Morgan fingerprint density at radius 3 is 2.90 bits per heavy atom. The van der Waals surface area contributed by atoms with Crippen LogP contribution in [0.5, 0.6) is 5.75 Å². The third-order valence-corrected chi connectivity index (χ3v) is 3.30. The van der Waals surface area contributed by atoms with E-state index in [9.17, 15) is 4.79 Å². The van der Waals surface area contributed by atoms with Gasteiger partial charge in [-0.3, -0.25) is 9.78 Å². The van der Waals surface area contributed by atoms with E-state index in [1.165, 1.54) is 0 Å². The van der Waals surface area contributed by atoms with Gasteiger partial charge in [-0.1, -0.05) is 6.07 Å². The molecular weight excluding hydrogens is 369 g/mol. The topological polar surface area (TPSA) is 63.6 Å². The van der Waals surface area contributed by atoms with Crippen LogP contribution < -0.4 is 10.2 Å². The average Bonchev–Trinajstić information content (AvgIpc) is 2.48. The van der Waals surface area contributed by atoms with E-state index in [0.29, 0.717) is 5.69 Å². The molecule has 0 aliphatic heterocycles. The molecule has 1 aromatic carbocycles. The second kappa shape index (κ2) is 6.99. The summed E-state index contributed by atoms with van der Waals surface area (Å²) in [4.78, 5) is 15.6. The van der Waals surface area contributed by atoms with Crippen LogP contribution in [0, 0.1) is 3.57 Å². The van der Waals surface area contributed by atoms with Crippen LogP contribution in [0.15, 0.2) is 47.7 Å². The second-order valence-electron chi connectivity index (χ2n) is 3.81. The minimum absolute atomic E-state index is 0.328. The van der Waals surface area contributed by atoms with Crippen molar-refractivity contribution in [1.29, 1.82) is 0 Å². The highest BCUT2D eigenvalue weighted by atomic mass is 127. The monoisotopic (exact) mass is 381 g/mol. The smallest absolute Gasteiger partial charge is 0.289 e. The first-order valence-corrected chi connectivity index (χ1v) is 6.86. The van der Waals surface area contributed by atoms with Gasteiger partial charge >= 0.3 is 0 Å². The van der Waals surface area contributed by atoms with Crippen LogP contribution in [0.3, 0.4) is 0 Å². The van der Waals surface area contributed by atoms with Crippen molar-refractivity contribution in [2.45, 2.75) is 0 Å². The van der Waals surface area contributed by atoms with Crippen molar-refractivity contribution in [2.24, 2.45) is 5.10 Å². The molecule has 0 spiro atoms. The molecule has 2 rings (SSSR count). The summed E-state index contributed by atoms with van der Waals surface area (Å²) < 4.78 is 6.15. The average molecular weight is 381 g/mol. The predicted octanol–water partition coefficient (Wildman–Crippen LogP) is 2.46. The van der Waals surface area contributed by atoms with Crippen LogP contribution in [0.25, 0.3) is 0 Å². The van der Waals surface area contributed by atoms with Crippen LogP contribution in [0.2, 0.25) is 0 Å². The Morgan fingerprint density at radius 2 is 2.25 bits per heavy atom. The summed E-state index contributed by atoms with van der Waals surface area (Å²) >= 11 is 2.18. The molecule has 1 amide bonds. The van der Waals surface area contributed by atoms with Crippen molar-refractivity contribution >= 4 is 34.7 Å². The molecule has 0 radical (unpaired) electrons. The molecule has 0 aliphatic carbocycles. The Hall–Kier alpha value is -1.96. The predicted molar refractivity (Wildman–Crippen MR) is 85.0 cm³/mol. The van der Waals surface area contributed by atoms with Gasteiger partial charge in [0.25, 0.3) is 5.91 Å². The minimum atomic E-state index is -0.343. The number of nitrogens with one attached hydrogen (secondary N) is 1. The molecule has 0 unspecified atom stereocenters. The fourth-order valence-electron chi connectivity index (χ4n) is 1.48. The van der Waals surface area contributed by atoms with Crippen molar-refractivity contribution in [2.75, 3.05) is 7.11 Å². The number of methoxy groups -OCH3 is 1. The van der Waals surface area contributed by atoms with Gasteiger partial charge in [0, 0.05) is 6.20 Å². The molecule has 5 nitrogen and oxygen atoms in total. The van der Waals surface area contributed by atoms with Gasteiger partial charge in [-0.05, 0) is 58.5 Å². The Kier molecular flexibility index (Phi) is 5.05. The molecular formula is C14H12IN3O2. The van der Waals surface area contributed by atoms with Crippen molar-refractivity contribution in [3.63, 3.8) is 0 Å². The Bertz CT molecular complexity index is 630. The molecule has 1 N–H and O–H groups in total. The van der Waals surface area contributed by atoms with Crippen LogP contribution >= 0.6 is 22.6 Å². The van der Waals surface area contributed by atoms with E-state index in [1.807, 2.05) is 18.2 Å². The number of amides is 1.